The first kappa shape index (κ1) is 35.0. The number of para-hydroxylation sites is 2. The van der Waals surface area contributed by atoms with Crippen LogP contribution in [0, 0.1) is 0 Å². The predicted molar refractivity (Wildman–Crippen MR) is 236 cm³/mol. The Kier molecular flexibility index (Phi) is 9.45. The summed E-state index contributed by atoms with van der Waals surface area (Å²) in [7, 11) is 0. The van der Waals surface area contributed by atoms with Gasteiger partial charge in [0.25, 0.3) is 11.8 Å². The van der Waals surface area contributed by atoms with Crippen molar-refractivity contribution in [1.82, 2.24) is 9.97 Å². The maximum atomic E-state index is 13.1. The second-order valence-corrected chi connectivity index (χ2v) is 17.8. The van der Waals surface area contributed by atoms with E-state index in [-0.39, 0.29) is 44.4 Å². The van der Waals surface area contributed by atoms with E-state index < -0.39 is 47.5 Å². The van der Waals surface area contributed by atoms with Crippen molar-refractivity contribution in [2.24, 2.45) is 0 Å². The van der Waals surface area contributed by atoms with E-state index in [1.807, 2.05) is 53.7 Å². The predicted octanol–water partition coefficient (Wildman–Crippen LogP) is 10.2. The lowest BCUT2D eigenvalue weighted by atomic mass is 9.79. The number of aromatic amines is 2. The van der Waals surface area contributed by atoms with E-state index in [0.717, 1.165) is 24.1 Å². The topological polar surface area (TPSA) is 164 Å². The van der Waals surface area contributed by atoms with Crippen LogP contribution >= 0.6 is 0 Å². The van der Waals surface area contributed by atoms with Gasteiger partial charge in [0.2, 0.25) is 10.9 Å². The van der Waals surface area contributed by atoms with Crippen molar-refractivity contribution >= 4 is 45.0 Å². The van der Waals surface area contributed by atoms with Crippen LogP contribution in [-0.2, 0) is 21.7 Å². The molecule has 2 amide bonds. The fourth-order valence-electron chi connectivity index (χ4n) is 6.68. The fraction of sp³-hybridized carbons (Fsp3) is 0.333. The van der Waals surface area contributed by atoms with E-state index in [2.05, 4.69) is 20.6 Å². The van der Waals surface area contributed by atoms with E-state index in [1.165, 1.54) is 18.5 Å². The molecule has 0 unspecified atom stereocenters. The number of aromatic nitrogens is 2. The summed E-state index contributed by atoms with van der Waals surface area (Å²) in [4.78, 5) is 57.6. The van der Waals surface area contributed by atoms with Crippen LogP contribution in [0.1, 0.15) is 134 Å². The number of hydrogen-bond acceptors (Lipinski definition) is 6. The molecule has 0 bridgehead atoms. The molecule has 0 aliphatic heterocycles. The summed E-state index contributed by atoms with van der Waals surface area (Å²) in [5.74, 6) is -1.71. The average molecular weight is 791 g/mol. The van der Waals surface area contributed by atoms with Gasteiger partial charge in [0.05, 0.1) is 0 Å². The number of H-pyrrole nitrogens is 2. The van der Waals surface area contributed by atoms with Crippen LogP contribution in [-0.4, -0.2) is 32.0 Å². The Labute approximate surface area is 348 Å². The number of amides is 2. The van der Waals surface area contributed by atoms with Crippen molar-refractivity contribution < 1.29 is 28.0 Å². The summed E-state index contributed by atoms with van der Waals surface area (Å²) in [5, 5.41) is 27.7. The van der Waals surface area contributed by atoms with Crippen LogP contribution in [0.5, 0.6) is 11.5 Å². The van der Waals surface area contributed by atoms with Gasteiger partial charge in [-0.25, -0.2) is 0 Å². The molecule has 6 N–H and O–H groups in total. The second-order valence-electron chi connectivity index (χ2n) is 17.8. The summed E-state index contributed by atoms with van der Waals surface area (Å²) in [5.41, 5.74) is -0.801. The summed E-state index contributed by atoms with van der Waals surface area (Å²) in [6.07, 6.45) is 2.73. The Morgan fingerprint density at radius 3 is 1.22 bits per heavy atom. The van der Waals surface area contributed by atoms with Crippen molar-refractivity contribution in [2.75, 3.05) is 10.6 Å². The number of nitrogens with one attached hydrogen (secondary N) is 4. The smallest absolute Gasteiger partial charge is 0.261 e. The van der Waals surface area contributed by atoms with Gasteiger partial charge in [0, 0.05) is 65.9 Å². The number of carbonyl (C=O) groups is 2. The molecule has 10 nitrogen and oxygen atoms in total. The Hall–Kier alpha value is -6.16. The van der Waals surface area contributed by atoms with E-state index in [0.29, 0.717) is 33.1 Å². The average Bonchev–Trinajstić information content (AvgIpc) is 3.16. The molecule has 0 fully saturated rings. The molecule has 4 aromatic carbocycles. The normalized spacial score (nSPS) is 14.2. The minimum Gasteiger partial charge on any atom is -0.508 e. The summed E-state index contributed by atoms with van der Waals surface area (Å²) >= 11 is 0. The van der Waals surface area contributed by atoms with Gasteiger partial charge in [-0.3, -0.25) is 19.2 Å². The molecule has 6 rings (SSSR count). The maximum Gasteiger partial charge on any atom is 0.261 e. The molecule has 0 aliphatic carbocycles. The molecule has 304 valence electrons. The molecule has 0 radical (unpaired) electrons. The first-order valence-electron chi connectivity index (χ1n) is 21.9. The Morgan fingerprint density at radius 2 is 0.879 bits per heavy atom. The zero-order valence-electron chi connectivity index (χ0n) is 40.6. The van der Waals surface area contributed by atoms with Gasteiger partial charge in [-0.15, -0.1) is 0 Å². The Balaban J connectivity index is 0.000000245. The number of fused-ring (bicyclic) bond motifs is 2. The molecule has 10 heteroatoms. The van der Waals surface area contributed by atoms with Crippen LogP contribution < -0.4 is 21.5 Å². The van der Waals surface area contributed by atoms with Crippen LogP contribution in [0.15, 0.2) is 94.8 Å². The highest BCUT2D eigenvalue weighted by Gasteiger charge is 2.28. The number of carbonyl (C=O) groups excluding carboxylic acids is 2. The molecular formula is C48H56N4O6. The molecule has 6 aromatic rings. The van der Waals surface area contributed by atoms with Crippen molar-refractivity contribution in [3.8, 4) is 11.5 Å². The number of phenolic OH excluding ortho intramolecular Hbond substituents is 2. The van der Waals surface area contributed by atoms with Gasteiger partial charge in [0.15, 0.2) is 0 Å². The van der Waals surface area contributed by atoms with Crippen molar-refractivity contribution in [3.05, 3.63) is 139 Å². The Bertz CT molecular complexity index is 2880. The minimum atomic E-state index is -2.96. The molecular weight excluding hydrogens is 729 g/mol. The quantitative estimate of drug-likeness (QED) is 0.104. The SMILES string of the molecule is CC(C)(C)c1cc(C(C)(C)C)c(NC(=O)c2c[nH]c3ccccc3c2=O)cc1O.[2H]C([2H])([2H])C(C)(c1cc(C(C)(C)C)c(NC(=O)c2c[nH]c3ccccc3c2=O)cc1O)C([2H])([2H])[2H]. The van der Waals surface area contributed by atoms with Gasteiger partial charge in [0.1, 0.15) is 22.6 Å². The van der Waals surface area contributed by atoms with E-state index >= 15 is 0 Å². The lowest BCUT2D eigenvalue weighted by Crippen LogP contribution is -2.25. The molecule has 0 aliphatic rings. The molecule has 2 heterocycles. The fourth-order valence-corrected chi connectivity index (χ4v) is 6.68. The van der Waals surface area contributed by atoms with Crippen LogP contribution in [0.3, 0.4) is 0 Å². The number of rotatable bonds is 4. The standard InChI is InChI=1S/2C24H28N2O3/c2*1-23(2,3)16-11-17(24(4,5)6)20(27)12-19(16)26-22(29)15-13-25-18-10-8-7-9-14(18)21(15)28/h2*7-13,27H,1-6H3,(H,25,28)(H,26,29)/i4D3,5D3;. The first-order valence-corrected chi connectivity index (χ1v) is 18.9. The highest BCUT2D eigenvalue weighted by atomic mass is 16.3. The van der Waals surface area contributed by atoms with Crippen LogP contribution in [0.4, 0.5) is 11.4 Å². The van der Waals surface area contributed by atoms with Gasteiger partial charge >= 0.3 is 0 Å². The van der Waals surface area contributed by atoms with Crippen molar-refractivity contribution in [1.29, 1.82) is 0 Å². The van der Waals surface area contributed by atoms with Crippen LogP contribution in [0.25, 0.3) is 21.8 Å². The lowest BCUT2D eigenvalue weighted by molar-refractivity contribution is 0.101. The van der Waals surface area contributed by atoms with Gasteiger partial charge in [-0.05, 0) is 80.3 Å². The van der Waals surface area contributed by atoms with Crippen LogP contribution in [0.2, 0.25) is 0 Å². The third-order valence-corrected chi connectivity index (χ3v) is 9.80. The zero-order valence-corrected chi connectivity index (χ0v) is 34.6. The highest BCUT2D eigenvalue weighted by Crippen LogP contribution is 2.41. The highest BCUT2D eigenvalue weighted by molar-refractivity contribution is 6.07. The molecule has 0 saturated heterocycles. The number of benzene rings is 4. The van der Waals surface area contributed by atoms with Crippen molar-refractivity contribution in [2.45, 2.75) is 105 Å². The third kappa shape index (κ3) is 9.17. The molecule has 2 aromatic heterocycles. The van der Waals surface area contributed by atoms with E-state index in [1.54, 1.807) is 69.3 Å². The molecule has 58 heavy (non-hydrogen) atoms. The van der Waals surface area contributed by atoms with E-state index in [9.17, 15) is 29.4 Å². The van der Waals surface area contributed by atoms with Gasteiger partial charge in [-0.2, -0.15) is 0 Å². The lowest BCUT2D eigenvalue weighted by Gasteiger charge is -2.28. The summed E-state index contributed by atoms with van der Waals surface area (Å²) in [6, 6.07) is 19.8. The molecule has 0 saturated carbocycles. The summed E-state index contributed by atoms with van der Waals surface area (Å²) < 4.78 is 47.5. The van der Waals surface area contributed by atoms with Gasteiger partial charge in [-0.1, -0.05) is 107 Å². The monoisotopic (exact) mass is 790 g/mol. The largest absolute Gasteiger partial charge is 0.508 e. The van der Waals surface area contributed by atoms with E-state index in [4.69, 9.17) is 8.22 Å². The second kappa shape index (κ2) is 15.6. The zero-order chi connectivity index (χ0) is 48.1. The van der Waals surface area contributed by atoms with Gasteiger partial charge < -0.3 is 30.8 Å². The van der Waals surface area contributed by atoms with Crippen molar-refractivity contribution in [3.63, 3.8) is 0 Å². The summed E-state index contributed by atoms with van der Waals surface area (Å²) in [6.45, 7) is 12.8. The number of aromatic hydroxyl groups is 2. The maximum absolute atomic E-state index is 13.1. The molecule has 0 atom stereocenters. The molecule has 0 spiro atoms. The third-order valence-electron chi connectivity index (χ3n) is 9.80. The number of phenols is 2. The minimum absolute atomic E-state index is 0.0305. The number of hydrogen-bond donors (Lipinski definition) is 6. The number of anilines is 2. The number of pyridine rings is 2. The Morgan fingerprint density at radius 1 is 0.534 bits per heavy atom. The first-order chi connectivity index (χ1) is 29.3.